The third kappa shape index (κ3) is 3.25. The molecule has 4 N–H and O–H groups in total. The highest BCUT2D eigenvalue weighted by molar-refractivity contribution is 6.02. The van der Waals surface area contributed by atoms with Gasteiger partial charge in [-0.3, -0.25) is 0 Å². The molecule has 1 atom stereocenters. The summed E-state index contributed by atoms with van der Waals surface area (Å²) in [4.78, 5) is 1.88. The third-order valence-electron chi connectivity index (χ3n) is 3.38. The number of nitrogens with zero attached hydrogens (tertiary/aromatic N) is 2. The molecule has 0 saturated carbocycles. The zero-order valence-corrected chi connectivity index (χ0v) is 12.1. The van der Waals surface area contributed by atoms with Gasteiger partial charge in [-0.05, 0) is 26.0 Å². The van der Waals surface area contributed by atoms with Crippen LogP contribution in [0.3, 0.4) is 0 Å². The molecule has 1 aliphatic heterocycles. The number of hydrogen-bond donors (Lipinski definition) is 3. The van der Waals surface area contributed by atoms with Crippen molar-refractivity contribution >= 4 is 11.5 Å². The highest BCUT2D eigenvalue weighted by Crippen LogP contribution is 2.29. The fourth-order valence-corrected chi connectivity index (χ4v) is 2.65. The quantitative estimate of drug-likeness (QED) is 0.334. The molecule has 1 unspecified atom stereocenters. The van der Waals surface area contributed by atoms with E-state index in [1.807, 2.05) is 18.7 Å². The Morgan fingerprint density at radius 1 is 1.57 bits per heavy atom. The minimum absolute atomic E-state index is 0.0504. The molecule has 0 spiro atoms. The van der Waals surface area contributed by atoms with Crippen LogP contribution in [0.15, 0.2) is 23.4 Å². The summed E-state index contributed by atoms with van der Waals surface area (Å²) in [7, 11) is 0. The lowest BCUT2D eigenvalue weighted by Crippen LogP contribution is -2.54. The van der Waals surface area contributed by atoms with E-state index in [0.717, 1.165) is 0 Å². The minimum Gasteiger partial charge on any atom is -0.409 e. The summed E-state index contributed by atoms with van der Waals surface area (Å²) in [5.41, 5.74) is 5.65. The van der Waals surface area contributed by atoms with Crippen molar-refractivity contribution in [2.75, 3.05) is 24.6 Å². The minimum atomic E-state index is -0.562. The number of aliphatic hydroxyl groups is 1. The Balaban J connectivity index is 2.44. The van der Waals surface area contributed by atoms with Crippen LogP contribution < -0.4 is 10.6 Å². The van der Waals surface area contributed by atoms with E-state index >= 15 is 0 Å². The number of rotatable bonds is 3. The van der Waals surface area contributed by atoms with Crippen molar-refractivity contribution in [3.8, 4) is 0 Å². The van der Waals surface area contributed by atoms with Crippen molar-refractivity contribution in [2.45, 2.75) is 25.6 Å². The maximum absolute atomic E-state index is 14.0. The molecule has 1 saturated heterocycles. The standard InChI is InChI=1S/C14H20FN3O3/c1-14(2)8-18(6-9(7-19)21-14)11-5-3-4-10(15)12(11)13(16)17-20/h3-5,9,19-20H,6-8H2,1-2H3,(H2,16,17). The Bertz CT molecular complexity index is 548. The van der Waals surface area contributed by atoms with Crippen LogP contribution in [0.1, 0.15) is 19.4 Å². The van der Waals surface area contributed by atoms with Crippen molar-refractivity contribution in [2.24, 2.45) is 10.9 Å². The van der Waals surface area contributed by atoms with Crippen molar-refractivity contribution < 1.29 is 19.4 Å². The van der Waals surface area contributed by atoms with Gasteiger partial charge in [0.15, 0.2) is 5.84 Å². The molecule has 1 aromatic carbocycles. The number of benzene rings is 1. The van der Waals surface area contributed by atoms with Gasteiger partial charge in [-0.2, -0.15) is 0 Å². The molecule has 6 nitrogen and oxygen atoms in total. The van der Waals surface area contributed by atoms with Gasteiger partial charge in [0.05, 0.1) is 29.6 Å². The van der Waals surface area contributed by atoms with Gasteiger partial charge in [0, 0.05) is 13.1 Å². The summed E-state index contributed by atoms with van der Waals surface area (Å²) >= 11 is 0. The molecule has 2 rings (SSSR count). The molecule has 0 bridgehead atoms. The summed E-state index contributed by atoms with van der Waals surface area (Å²) in [5, 5.41) is 21.1. The monoisotopic (exact) mass is 297 g/mol. The number of oxime groups is 1. The van der Waals surface area contributed by atoms with Crippen molar-refractivity contribution in [3.05, 3.63) is 29.6 Å². The van der Waals surface area contributed by atoms with E-state index in [4.69, 9.17) is 15.7 Å². The number of ether oxygens (including phenoxy) is 1. The fraction of sp³-hybridized carbons (Fsp3) is 0.500. The Morgan fingerprint density at radius 2 is 2.29 bits per heavy atom. The van der Waals surface area contributed by atoms with Gasteiger partial charge in [-0.25, -0.2) is 4.39 Å². The Morgan fingerprint density at radius 3 is 2.90 bits per heavy atom. The number of amidine groups is 1. The Hall–Kier alpha value is -1.86. The molecule has 21 heavy (non-hydrogen) atoms. The zero-order valence-electron chi connectivity index (χ0n) is 12.1. The molecule has 0 radical (unpaired) electrons. The number of morpholine rings is 1. The summed E-state index contributed by atoms with van der Waals surface area (Å²) in [6, 6.07) is 4.52. The molecule has 0 amide bonds. The first-order chi connectivity index (χ1) is 9.88. The summed E-state index contributed by atoms with van der Waals surface area (Å²) < 4.78 is 19.8. The van der Waals surface area contributed by atoms with Crippen LogP contribution in [-0.2, 0) is 4.74 Å². The molecule has 0 aliphatic carbocycles. The molecule has 1 fully saturated rings. The first-order valence-electron chi connectivity index (χ1n) is 6.68. The summed E-state index contributed by atoms with van der Waals surface area (Å²) in [5.74, 6) is -0.847. The maximum atomic E-state index is 14.0. The maximum Gasteiger partial charge on any atom is 0.175 e. The van der Waals surface area contributed by atoms with Gasteiger partial charge >= 0.3 is 0 Å². The normalized spacial score (nSPS) is 22.4. The molecular weight excluding hydrogens is 277 g/mol. The van der Waals surface area contributed by atoms with Gasteiger partial charge in [0.2, 0.25) is 0 Å². The van der Waals surface area contributed by atoms with Crippen LogP contribution in [-0.4, -0.2) is 47.6 Å². The molecule has 7 heteroatoms. The van der Waals surface area contributed by atoms with E-state index in [0.29, 0.717) is 18.8 Å². The van der Waals surface area contributed by atoms with E-state index in [9.17, 15) is 9.50 Å². The van der Waals surface area contributed by atoms with Gasteiger partial charge < -0.3 is 25.7 Å². The molecule has 1 heterocycles. The third-order valence-corrected chi connectivity index (χ3v) is 3.38. The molecular formula is C14H20FN3O3. The number of hydrogen-bond acceptors (Lipinski definition) is 5. The van der Waals surface area contributed by atoms with Gasteiger partial charge in [0.25, 0.3) is 0 Å². The van der Waals surface area contributed by atoms with E-state index in [-0.39, 0.29) is 24.1 Å². The van der Waals surface area contributed by atoms with E-state index in [1.54, 1.807) is 12.1 Å². The van der Waals surface area contributed by atoms with Crippen LogP contribution in [0.25, 0.3) is 0 Å². The van der Waals surface area contributed by atoms with E-state index in [1.165, 1.54) is 6.07 Å². The number of anilines is 1. The Kier molecular flexibility index (Phi) is 4.34. The number of halogens is 1. The van der Waals surface area contributed by atoms with Crippen LogP contribution in [0.4, 0.5) is 10.1 Å². The van der Waals surface area contributed by atoms with Crippen molar-refractivity contribution in [1.82, 2.24) is 0 Å². The van der Waals surface area contributed by atoms with Crippen LogP contribution in [0.5, 0.6) is 0 Å². The van der Waals surface area contributed by atoms with Crippen molar-refractivity contribution in [3.63, 3.8) is 0 Å². The second-order valence-electron chi connectivity index (χ2n) is 5.68. The zero-order chi connectivity index (χ0) is 15.6. The van der Waals surface area contributed by atoms with Crippen molar-refractivity contribution in [1.29, 1.82) is 0 Å². The predicted molar refractivity (Wildman–Crippen MR) is 77.2 cm³/mol. The van der Waals surface area contributed by atoms with Crippen LogP contribution in [0.2, 0.25) is 0 Å². The molecule has 1 aromatic rings. The first kappa shape index (κ1) is 15.5. The lowest BCUT2D eigenvalue weighted by Gasteiger charge is -2.43. The SMILES string of the molecule is CC1(C)CN(c2cccc(F)c2/C(N)=N/O)CC(CO)O1. The topological polar surface area (TPSA) is 91.3 Å². The lowest BCUT2D eigenvalue weighted by atomic mass is 10.0. The highest BCUT2D eigenvalue weighted by atomic mass is 19.1. The average molecular weight is 297 g/mol. The fourth-order valence-electron chi connectivity index (χ4n) is 2.65. The van der Waals surface area contributed by atoms with Gasteiger partial charge in [-0.1, -0.05) is 11.2 Å². The molecule has 116 valence electrons. The Labute approximate surface area is 122 Å². The largest absolute Gasteiger partial charge is 0.409 e. The van der Waals surface area contributed by atoms with E-state index in [2.05, 4.69) is 5.16 Å². The lowest BCUT2D eigenvalue weighted by molar-refractivity contribution is -0.101. The second kappa shape index (κ2) is 5.87. The van der Waals surface area contributed by atoms with Crippen LogP contribution >= 0.6 is 0 Å². The van der Waals surface area contributed by atoms with E-state index < -0.39 is 11.4 Å². The average Bonchev–Trinajstić information content (AvgIpc) is 2.44. The molecule has 0 aromatic heterocycles. The predicted octanol–water partition coefficient (Wildman–Crippen LogP) is 0.896. The summed E-state index contributed by atoms with van der Waals surface area (Å²) in [6.07, 6.45) is -0.378. The first-order valence-corrected chi connectivity index (χ1v) is 6.68. The second-order valence-corrected chi connectivity index (χ2v) is 5.68. The highest BCUT2D eigenvalue weighted by Gasteiger charge is 2.34. The smallest absolute Gasteiger partial charge is 0.175 e. The summed E-state index contributed by atoms with van der Waals surface area (Å²) in [6.45, 7) is 4.55. The molecule has 1 aliphatic rings. The van der Waals surface area contributed by atoms with Gasteiger partial charge in [-0.15, -0.1) is 0 Å². The number of aliphatic hydroxyl groups excluding tert-OH is 1. The number of nitrogens with two attached hydrogens (primary N) is 1. The van der Waals surface area contributed by atoms with Crippen LogP contribution in [0, 0.1) is 5.82 Å². The van der Waals surface area contributed by atoms with Gasteiger partial charge in [0.1, 0.15) is 5.82 Å².